The van der Waals surface area contributed by atoms with Crippen molar-refractivity contribution in [2.24, 2.45) is 0 Å². The van der Waals surface area contributed by atoms with Crippen molar-refractivity contribution in [1.82, 2.24) is 10.2 Å². The van der Waals surface area contributed by atoms with Crippen molar-refractivity contribution in [2.75, 3.05) is 36.4 Å². The van der Waals surface area contributed by atoms with Gasteiger partial charge in [-0.25, -0.2) is 4.39 Å². The van der Waals surface area contributed by atoms with Crippen LogP contribution in [0.1, 0.15) is 60.4 Å². The van der Waals surface area contributed by atoms with E-state index in [1.54, 1.807) is 58.8 Å². The maximum absolute atomic E-state index is 13.5. The fraction of sp³-hybridized carbons (Fsp3) is 0.206. The Morgan fingerprint density at radius 3 is 2.28 bits per heavy atom. The Balaban J connectivity index is 1.39. The van der Waals surface area contributed by atoms with E-state index in [9.17, 15) is 28.7 Å². The molecule has 1 saturated heterocycles. The first-order valence-electron chi connectivity index (χ1n) is 14.5. The monoisotopic (exact) mass is 639 g/mol. The molecule has 3 aromatic carbocycles. The quantitative estimate of drug-likeness (QED) is 0.225. The number of carbonyl (C=O) groups excluding carboxylic acids is 3. The van der Waals surface area contributed by atoms with Crippen LogP contribution in [0.15, 0.2) is 84.2 Å². The summed E-state index contributed by atoms with van der Waals surface area (Å²) < 4.78 is 13.5. The van der Waals surface area contributed by atoms with Crippen LogP contribution in [0.4, 0.5) is 15.8 Å². The number of halogens is 1. The molecule has 0 bridgehead atoms. The van der Waals surface area contributed by atoms with Gasteiger partial charge in [0.25, 0.3) is 17.7 Å². The number of rotatable bonds is 9. The molecule has 0 spiro atoms. The number of carbonyl (C=O) groups is 4. The van der Waals surface area contributed by atoms with Gasteiger partial charge in [0, 0.05) is 47.7 Å². The minimum Gasteiger partial charge on any atom is -0.481 e. The first kappa shape index (κ1) is 31.9. The highest BCUT2D eigenvalue weighted by Gasteiger charge is 2.25. The maximum atomic E-state index is 13.5. The lowest BCUT2D eigenvalue weighted by molar-refractivity contribution is -0.137. The molecule has 5 rings (SSSR count). The van der Waals surface area contributed by atoms with Crippen molar-refractivity contribution in [3.8, 4) is 6.07 Å². The van der Waals surface area contributed by atoms with Crippen molar-refractivity contribution < 1.29 is 28.7 Å². The van der Waals surface area contributed by atoms with Crippen molar-refractivity contribution in [3.05, 3.63) is 117 Å². The number of hydrogen-bond acceptors (Lipinski definition) is 7. The first-order valence-corrected chi connectivity index (χ1v) is 15.4. The molecule has 234 valence electrons. The van der Waals surface area contributed by atoms with E-state index >= 15 is 0 Å². The molecule has 1 fully saturated rings. The number of carboxylic acid groups (broad SMARTS) is 1. The number of thiophene rings is 1. The third kappa shape index (κ3) is 7.75. The molecule has 1 unspecified atom stereocenters. The zero-order valence-electron chi connectivity index (χ0n) is 24.6. The third-order valence-corrected chi connectivity index (χ3v) is 8.55. The summed E-state index contributed by atoms with van der Waals surface area (Å²) in [7, 11) is 0. The Bertz CT molecular complexity index is 1770. The minimum atomic E-state index is -1.06. The SMILES string of the molecule is N#Cc1ccc(C(=O)N2CCCN(c3ccc(C(=O)NC(CC(=O)O)c4cccs4)cc3NC(=O)c3ccc(F)cc3)CC2)cc1. The summed E-state index contributed by atoms with van der Waals surface area (Å²) in [6, 6.07) is 21.2. The zero-order chi connectivity index (χ0) is 32.6. The van der Waals surface area contributed by atoms with Crippen LogP contribution in [0.2, 0.25) is 0 Å². The van der Waals surface area contributed by atoms with E-state index in [1.165, 1.54) is 41.7 Å². The number of carboxylic acids is 1. The largest absolute Gasteiger partial charge is 0.481 e. The molecule has 46 heavy (non-hydrogen) atoms. The van der Waals surface area contributed by atoms with Crippen LogP contribution >= 0.6 is 11.3 Å². The Morgan fingerprint density at radius 1 is 0.891 bits per heavy atom. The zero-order valence-corrected chi connectivity index (χ0v) is 25.4. The summed E-state index contributed by atoms with van der Waals surface area (Å²) in [5.74, 6) is -2.71. The van der Waals surface area contributed by atoms with E-state index in [2.05, 4.69) is 10.6 Å². The van der Waals surface area contributed by atoms with Gasteiger partial charge in [-0.2, -0.15) is 5.26 Å². The second-order valence-corrected chi connectivity index (χ2v) is 11.6. The van der Waals surface area contributed by atoms with Crippen LogP contribution in [0, 0.1) is 17.1 Å². The Labute approximate surface area is 268 Å². The molecule has 10 nitrogen and oxygen atoms in total. The van der Waals surface area contributed by atoms with Crippen molar-refractivity contribution in [1.29, 1.82) is 5.26 Å². The summed E-state index contributed by atoms with van der Waals surface area (Å²) in [5.41, 5.74) is 2.34. The van der Waals surface area contributed by atoms with Gasteiger partial charge in [-0.05, 0) is 84.6 Å². The van der Waals surface area contributed by atoms with Gasteiger partial charge in [-0.15, -0.1) is 11.3 Å². The van der Waals surface area contributed by atoms with E-state index in [-0.39, 0.29) is 23.5 Å². The molecule has 2 heterocycles. The van der Waals surface area contributed by atoms with E-state index in [4.69, 9.17) is 5.26 Å². The van der Waals surface area contributed by atoms with Crippen LogP contribution < -0.4 is 15.5 Å². The van der Waals surface area contributed by atoms with Gasteiger partial charge in [0.05, 0.1) is 35.5 Å². The molecule has 4 aromatic rings. The Hall–Kier alpha value is -5.54. The van der Waals surface area contributed by atoms with Crippen LogP contribution in [0.5, 0.6) is 0 Å². The van der Waals surface area contributed by atoms with Gasteiger partial charge in [-0.3, -0.25) is 19.2 Å². The lowest BCUT2D eigenvalue weighted by atomic mass is 10.1. The molecule has 12 heteroatoms. The van der Waals surface area contributed by atoms with Gasteiger partial charge >= 0.3 is 5.97 Å². The van der Waals surface area contributed by atoms with Gasteiger partial charge in [0.1, 0.15) is 5.82 Å². The van der Waals surface area contributed by atoms with Crippen LogP contribution in [0.3, 0.4) is 0 Å². The highest BCUT2D eigenvalue weighted by Crippen LogP contribution is 2.30. The maximum Gasteiger partial charge on any atom is 0.305 e. The molecule has 0 saturated carbocycles. The normalized spacial score (nSPS) is 13.7. The van der Waals surface area contributed by atoms with Crippen molar-refractivity contribution in [2.45, 2.75) is 18.9 Å². The van der Waals surface area contributed by atoms with E-state index < -0.39 is 29.6 Å². The van der Waals surface area contributed by atoms with E-state index in [1.807, 2.05) is 11.0 Å². The topological polar surface area (TPSA) is 143 Å². The summed E-state index contributed by atoms with van der Waals surface area (Å²) in [5, 5.41) is 25.9. The van der Waals surface area contributed by atoms with E-state index in [0.717, 1.165) is 0 Å². The van der Waals surface area contributed by atoms with Crippen LogP contribution in [0.25, 0.3) is 0 Å². The minimum absolute atomic E-state index is 0.148. The standard InChI is InChI=1S/C34H30FN5O5S/c35-26-11-8-23(9-12-26)32(43)37-27-19-25(33(44)38-28(20-31(41)42)30-3-1-18-46-30)10-13-29(27)39-14-2-15-40(17-16-39)34(45)24-6-4-22(21-36)5-7-24/h1,3-13,18-19,28H,2,14-17,20H2,(H,37,43)(H,38,44)(H,41,42). The lowest BCUT2D eigenvalue weighted by Gasteiger charge is -2.27. The number of nitriles is 1. The number of benzene rings is 3. The average molecular weight is 640 g/mol. The van der Waals surface area contributed by atoms with Crippen molar-refractivity contribution >= 4 is 46.4 Å². The molecular weight excluding hydrogens is 609 g/mol. The van der Waals surface area contributed by atoms with Crippen LogP contribution in [-0.4, -0.2) is 59.9 Å². The smallest absolute Gasteiger partial charge is 0.305 e. The lowest BCUT2D eigenvalue weighted by Crippen LogP contribution is -2.35. The highest BCUT2D eigenvalue weighted by atomic mass is 32.1. The summed E-state index contributed by atoms with van der Waals surface area (Å²) in [6.07, 6.45) is 0.331. The molecule has 0 radical (unpaired) electrons. The number of nitrogens with one attached hydrogen (secondary N) is 2. The molecule has 1 aliphatic rings. The number of hydrogen-bond donors (Lipinski definition) is 3. The molecule has 3 amide bonds. The predicted octanol–water partition coefficient (Wildman–Crippen LogP) is 5.31. The highest BCUT2D eigenvalue weighted by molar-refractivity contribution is 7.10. The molecule has 3 N–H and O–H groups in total. The predicted molar refractivity (Wildman–Crippen MR) is 171 cm³/mol. The van der Waals surface area contributed by atoms with Gasteiger partial charge in [0.15, 0.2) is 0 Å². The Kier molecular flexibility index (Phi) is 10.0. The third-order valence-electron chi connectivity index (χ3n) is 7.57. The van der Waals surface area contributed by atoms with Gasteiger partial charge in [-0.1, -0.05) is 6.07 Å². The van der Waals surface area contributed by atoms with E-state index in [0.29, 0.717) is 60.0 Å². The molecule has 0 aliphatic carbocycles. The number of anilines is 2. The van der Waals surface area contributed by atoms with Crippen molar-refractivity contribution in [3.63, 3.8) is 0 Å². The number of aliphatic carboxylic acids is 1. The molecule has 1 aliphatic heterocycles. The molecular formula is C34H30FN5O5S. The van der Waals surface area contributed by atoms with Gasteiger partial charge in [0.2, 0.25) is 0 Å². The Morgan fingerprint density at radius 2 is 1.61 bits per heavy atom. The number of nitrogens with zero attached hydrogens (tertiary/aromatic N) is 3. The second-order valence-electron chi connectivity index (χ2n) is 10.7. The van der Waals surface area contributed by atoms with Gasteiger partial charge < -0.3 is 25.5 Å². The summed E-state index contributed by atoms with van der Waals surface area (Å²) >= 11 is 1.34. The summed E-state index contributed by atoms with van der Waals surface area (Å²) in [6.45, 7) is 1.89. The number of amides is 3. The average Bonchev–Trinajstić information content (AvgIpc) is 3.49. The fourth-order valence-corrected chi connectivity index (χ4v) is 5.99. The first-order chi connectivity index (χ1) is 22.2. The second kappa shape index (κ2) is 14.5. The summed E-state index contributed by atoms with van der Waals surface area (Å²) in [4.78, 5) is 55.8. The molecule has 1 aromatic heterocycles. The fourth-order valence-electron chi connectivity index (χ4n) is 5.21. The van der Waals surface area contributed by atoms with Crippen LogP contribution in [-0.2, 0) is 4.79 Å². The molecule has 1 atom stereocenters.